The topological polar surface area (TPSA) is 68.4 Å². The normalized spacial score (nSPS) is 17.1. The van der Waals surface area contributed by atoms with E-state index in [4.69, 9.17) is 8.92 Å². The second kappa shape index (κ2) is 8.86. The van der Waals surface area contributed by atoms with Gasteiger partial charge >= 0.3 is 10.1 Å². The first-order chi connectivity index (χ1) is 17.0. The summed E-state index contributed by atoms with van der Waals surface area (Å²) in [5, 5.41) is 1.90. The lowest BCUT2D eigenvalue weighted by atomic mass is 9.94. The molecule has 4 aromatic rings. The van der Waals surface area contributed by atoms with Crippen LogP contribution in [0.4, 0.5) is 0 Å². The maximum Gasteiger partial charge on any atom is 0.339 e. The Hall–Kier alpha value is -3.51. The molecule has 1 aliphatic heterocycles. The van der Waals surface area contributed by atoms with Crippen LogP contribution in [0.1, 0.15) is 50.3 Å². The number of hydrogen-bond donors (Lipinski definition) is 1. The lowest BCUT2D eigenvalue weighted by molar-refractivity contribution is 0.129. The van der Waals surface area contributed by atoms with E-state index in [1.165, 1.54) is 5.57 Å². The molecular weight excluding hydrogens is 470 g/mol. The second-order valence-electron chi connectivity index (χ2n) is 10.1. The van der Waals surface area contributed by atoms with Crippen molar-refractivity contribution in [1.29, 1.82) is 0 Å². The molecule has 0 radical (unpaired) electrons. The molecule has 5 rings (SSSR count). The van der Waals surface area contributed by atoms with Crippen LogP contribution in [0.15, 0.2) is 71.2 Å². The molecule has 1 aliphatic rings. The van der Waals surface area contributed by atoms with Crippen LogP contribution >= 0.6 is 0 Å². The van der Waals surface area contributed by atoms with Gasteiger partial charge in [0.1, 0.15) is 16.2 Å². The summed E-state index contributed by atoms with van der Waals surface area (Å²) in [7, 11) is -3.99. The fraction of sp³-hybridized carbons (Fsp3) is 0.267. The Kier molecular flexibility index (Phi) is 5.95. The van der Waals surface area contributed by atoms with Crippen LogP contribution in [0.2, 0.25) is 0 Å². The SMILES string of the molecule is CC(C)=CCCC1(C)C=Cc2c(ccc3c2[nH]c2c(OS(=O)(=O)c4ccc(C)cc4)cc(C)cc23)O1. The van der Waals surface area contributed by atoms with E-state index in [9.17, 15) is 8.42 Å². The first kappa shape index (κ1) is 24.2. The van der Waals surface area contributed by atoms with E-state index in [-0.39, 0.29) is 16.2 Å². The molecule has 0 bridgehead atoms. The van der Waals surface area contributed by atoms with Crippen LogP contribution in [0, 0.1) is 13.8 Å². The Labute approximate surface area is 212 Å². The van der Waals surface area contributed by atoms with Crippen LogP contribution in [0.5, 0.6) is 11.5 Å². The molecule has 3 aromatic carbocycles. The molecule has 2 heterocycles. The van der Waals surface area contributed by atoms with E-state index >= 15 is 0 Å². The van der Waals surface area contributed by atoms with E-state index in [2.05, 4.69) is 44.0 Å². The van der Waals surface area contributed by atoms with E-state index < -0.39 is 10.1 Å². The number of aromatic amines is 1. The molecule has 5 nitrogen and oxygen atoms in total. The Balaban J connectivity index is 1.56. The smallest absolute Gasteiger partial charge is 0.339 e. The van der Waals surface area contributed by atoms with Crippen molar-refractivity contribution in [2.24, 2.45) is 0 Å². The predicted molar refractivity (Wildman–Crippen MR) is 146 cm³/mol. The summed E-state index contributed by atoms with van der Waals surface area (Å²) < 4.78 is 38.2. The first-order valence-electron chi connectivity index (χ1n) is 12.2. The molecule has 1 unspecified atom stereocenters. The van der Waals surface area contributed by atoms with Crippen molar-refractivity contribution < 1.29 is 17.3 Å². The standard InChI is InChI=1S/C30H31NO4S/c1-19(2)7-6-15-30(5)16-14-24-26(34-30)13-12-23-25-17-21(4)18-27(29(25)31-28(23)24)35-36(32,33)22-10-8-20(3)9-11-22/h7-14,16-18,31H,6,15H2,1-5H3. The summed E-state index contributed by atoms with van der Waals surface area (Å²) in [6, 6.07) is 14.5. The Bertz CT molecular complexity index is 1640. The Morgan fingerprint density at radius 3 is 2.47 bits per heavy atom. The number of hydrogen-bond acceptors (Lipinski definition) is 4. The summed E-state index contributed by atoms with van der Waals surface area (Å²) in [4.78, 5) is 3.57. The average molecular weight is 502 g/mol. The molecule has 1 aromatic heterocycles. The molecule has 186 valence electrons. The van der Waals surface area contributed by atoms with Crippen molar-refractivity contribution in [3.05, 3.63) is 82.9 Å². The van der Waals surface area contributed by atoms with Crippen LogP contribution < -0.4 is 8.92 Å². The van der Waals surface area contributed by atoms with E-state index in [1.54, 1.807) is 30.3 Å². The van der Waals surface area contributed by atoms with Gasteiger partial charge < -0.3 is 13.9 Å². The van der Waals surface area contributed by atoms with Crippen molar-refractivity contribution in [3.8, 4) is 11.5 Å². The van der Waals surface area contributed by atoms with Crippen LogP contribution in [-0.4, -0.2) is 19.0 Å². The number of benzene rings is 3. The predicted octanol–water partition coefficient (Wildman–Crippen LogP) is 7.62. The molecule has 0 aliphatic carbocycles. The molecule has 0 spiro atoms. The summed E-state index contributed by atoms with van der Waals surface area (Å²) >= 11 is 0. The number of aryl methyl sites for hydroxylation is 2. The highest BCUT2D eigenvalue weighted by atomic mass is 32.2. The fourth-order valence-electron chi connectivity index (χ4n) is 4.70. The number of nitrogens with one attached hydrogen (secondary N) is 1. The van der Waals surface area contributed by atoms with Gasteiger partial charge in [0.25, 0.3) is 0 Å². The molecule has 6 heteroatoms. The minimum Gasteiger partial charge on any atom is -0.483 e. The monoisotopic (exact) mass is 501 g/mol. The highest BCUT2D eigenvalue weighted by Crippen LogP contribution is 2.42. The largest absolute Gasteiger partial charge is 0.483 e. The average Bonchev–Trinajstić information content (AvgIpc) is 3.17. The van der Waals surface area contributed by atoms with Crippen molar-refractivity contribution in [1.82, 2.24) is 4.98 Å². The summed E-state index contributed by atoms with van der Waals surface area (Å²) in [6.07, 6.45) is 8.28. The van der Waals surface area contributed by atoms with Gasteiger partial charge in [-0.3, -0.25) is 0 Å². The molecule has 1 atom stereocenters. The molecule has 0 saturated carbocycles. The zero-order valence-corrected chi connectivity index (χ0v) is 22.1. The maximum absolute atomic E-state index is 13.0. The molecule has 0 amide bonds. The van der Waals surface area contributed by atoms with Crippen molar-refractivity contribution in [3.63, 3.8) is 0 Å². The van der Waals surface area contributed by atoms with Gasteiger partial charge in [0.05, 0.1) is 11.0 Å². The lowest BCUT2D eigenvalue weighted by Crippen LogP contribution is -2.31. The van der Waals surface area contributed by atoms with Crippen LogP contribution in [0.25, 0.3) is 27.9 Å². The number of allylic oxidation sites excluding steroid dienone is 2. The van der Waals surface area contributed by atoms with Gasteiger partial charge in [0, 0.05) is 16.3 Å². The number of rotatable bonds is 6. The van der Waals surface area contributed by atoms with Gasteiger partial charge in [-0.2, -0.15) is 8.42 Å². The van der Waals surface area contributed by atoms with Crippen LogP contribution in [-0.2, 0) is 10.1 Å². The van der Waals surface area contributed by atoms with Crippen molar-refractivity contribution in [2.45, 2.75) is 58.0 Å². The highest BCUT2D eigenvalue weighted by molar-refractivity contribution is 7.87. The van der Waals surface area contributed by atoms with E-state index in [0.29, 0.717) is 5.52 Å². The number of fused-ring (bicyclic) bond motifs is 5. The molecule has 0 fully saturated rings. The molecule has 0 saturated heterocycles. The van der Waals surface area contributed by atoms with Gasteiger partial charge in [0.2, 0.25) is 0 Å². The molecule has 36 heavy (non-hydrogen) atoms. The molecular formula is C30H31NO4S. The van der Waals surface area contributed by atoms with E-state index in [1.807, 2.05) is 32.0 Å². The van der Waals surface area contributed by atoms with Gasteiger partial charge in [-0.05, 0) is 102 Å². The molecule has 1 N–H and O–H groups in total. The quantitative estimate of drug-likeness (QED) is 0.218. The minimum absolute atomic E-state index is 0.125. The zero-order chi connectivity index (χ0) is 25.7. The zero-order valence-electron chi connectivity index (χ0n) is 21.3. The third-order valence-electron chi connectivity index (χ3n) is 6.64. The van der Waals surface area contributed by atoms with Gasteiger partial charge in [-0.25, -0.2) is 0 Å². The number of ether oxygens (including phenoxy) is 1. The number of aromatic nitrogens is 1. The van der Waals surface area contributed by atoms with E-state index in [0.717, 1.165) is 51.6 Å². The van der Waals surface area contributed by atoms with Crippen LogP contribution in [0.3, 0.4) is 0 Å². The van der Waals surface area contributed by atoms with Crippen molar-refractivity contribution in [2.75, 3.05) is 0 Å². The van der Waals surface area contributed by atoms with Crippen molar-refractivity contribution >= 4 is 38.0 Å². The Morgan fingerprint density at radius 2 is 1.75 bits per heavy atom. The third kappa shape index (κ3) is 4.53. The maximum atomic E-state index is 13.0. The second-order valence-corrected chi connectivity index (χ2v) is 11.7. The highest BCUT2D eigenvalue weighted by Gasteiger charge is 2.28. The first-order valence-corrected chi connectivity index (χ1v) is 13.6. The lowest BCUT2D eigenvalue weighted by Gasteiger charge is -2.31. The Morgan fingerprint density at radius 1 is 1.00 bits per heavy atom. The van der Waals surface area contributed by atoms with Gasteiger partial charge in [-0.1, -0.05) is 29.3 Å². The third-order valence-corrected chi connectivity index (χ3v) is 7.89. The van der Waals surface area contributed by atoms with Gasteiger partial charge in [0.15, 0.2) is 5.75 Å². The number of H-pyrrole nitrogens is 1. The van der Waals surface area contributed by atoms with Gasteiger partial charge in [-0.15, -0.1) is 0 Å². The summed E-state index contributed by atoms with van der Waals surface area (Å²) in [5.74, 6) is 1.09. The fourth-order valence-corrected chi connectivity index (χ4v) is 5.63. The minimum atomic E-state index is -3.99. The summed E-state index contributed by atoms with van der Waals surface area (Å²) in [6.45, 7) is 10.2. The summed E-state index contributed by atoms with van der Waals surface area (Å²) in [5.41, 5.74) is 5.30.